The lowest BCUT2D eigenvalue weighted by molar-refractivity contribution is 0.0254. The zero-order chi connectivity index (χ0) is 17.5. The lowest BCUT2D eigenvalue weighted by atomic mass is 9.80. The SMILES string of the molecule is COc1ccc(CN[C@H]2CCCC[C@@]2(O)C#Cc2ccccc2)cc1. The molecule has 0 aromatic heterocycles. The van der Waals surface area contributed by atoms with Gasteiger partial charge in [-0.2, -0.15) is 0 Å². The maximum absolute atomic E-state index is 11.1. The second kappa shape index (κ2) is 8.20. The summed E-state index contributed by atoms with van der Waals surface area (Å²) in [4.78, 5) is 0. The van der Waals surface area contributed by atoms with Gasteiger partial charge in [0.15, 0.2) is 0 Å². The Balaban J connectivity index is 1.68. The van der Waals surface area contributed by atoms with Crippen molar-refractivity contribution in [3.05, 3.63) is 65.7 Å². The summed E-state index contributed by atoms with van der Waals surface area (Å²) in [6.45, 7) is 0.712. The molecule has 2 atom stereocenters. The van der Waals surface area contributed by atoms with Crippen LogP contribution in [-0.2, 0) is 6.54 Å². The molecule has 2 aromatic rings. The van der Waals surface area contributed by atoms with E-state index in [1.807, 2.05) is 54.6 Å². The van der Waals surface area contributed by atoms with E-state index in [1.54, 1.807) is 7.11 Å². The molecule has 0 unspecified atom stereocenters. The fourth-order valence-electron chi connectivity index (χ4n) is 3.26. The van der Waals surface area contributed by atoms with Crippen molar-refractivity contribution in [1.29, 1.82) is 0 Å². The highest BCUT2D eigenvalue weighted by atomic mass is 16.5. The van der Waals surface area contributed by atoms with Crippen molar-refractivity contribution in [3.8, 4) is 17.6 Å². The molecule has 1 fully saturated rings. The first kappa shape index (κ1) is 17.5. The van der Waals surface area contributed by atoms with Crippen molar-refractivity contribution >= 4 is 0 Å². The van der Waals surface area contributed by atoms with Crippen LogP contribution >= 0.6 is 0 Å². The molecule has 3 rings (SSSR count). The first-order valence-electron chi connectivity index (χ1n) is 8.86. The average molecular weight is 335 g/mol. The molecular formula is C22H25NO2. The average Bonchev–Trinajstić information content (AvgIpc) is 2.67. The molecule has 25 heavy (non-hydrogen) atoms. The zero-order valence-corrected chi connectivity index (χ0v) is 14.7. The Bertz CT molecular complexity index is 730. The molecule has 1 saturated carbocycles. The number of benzene rings is 2. The minimum atomic E-state index is -0.972. The van der Waals surface area contributed by atoms with E-state index < -0.39 is 5.60 Å². The van der Waals surface area contributed by atoms with Crippen LogP contribution < -0.4 is 10.1 Å². The number of aliphatic hydroxyl groups is 1. The van der Waals surface area contributed by atoms with E-state index in [9.17, 15) is 5.11 Å². The third-order valence-corrected chi connectivity index (χ3v) is 4.79. The number of nitrogens with one attached hydrogen (secondary N) is 1. The van der Waals surface area contributed by atoms with Gasteiger partial charge in [0.1, 0.15) is 11.4 Å². The molecule has 0 bridgehead atoms. The number of methoxy groups -OCH3 is 1. The van der Waals surface area contributed by atoms with Crippen LogP contribution in [0.2, 0.25) is 0 Å². The normalized spacial score (nSPS) is 22.7. The third-order valence-electron chi connectivity index (χ3n) is 4.79. The van der Waals surface area contributed by atoms with Gasteiger partial charge in [0.05, 0.1) is 7.11 Å². The van der Waals surface area contributed by atoms with Gasteiger partial charge in [0, 0.05) is 18.2 Å². The smallest absolute Gasteiger partial charge is 0.141 e. The maximum atomic E-state index is 11.1. The Hall–Kier alpha value is -2.28. The number of rotatable bonds is 4. The first-order chi connectivity index (χ1) is 12.2. The van der Waals surface area contributed by atoms with Crippen molar-refractivity contribution in [1.82, 2.24) is 5.32 Å². The molecule has 0 amide bonds. The van der Waals surface area contributed by atoms with Gasteiger partial charge in [-0.25, -0.2) is 0 Å². The second-order valence-electron chi connectivity index (χ2n) is 6.57. The fourth-order valence-corrected chi connectivity index (χ4v) is 3.26. The van der Waals surface area contributed by atoms with Crippen LogP contribution in [-0.4, -0.2) is 23.9 Å². The van der Waals surface area contributed by atoms with Gasteiger partial charge in [0.25, 0.3) is 0 Å². The van der Waals surface area contributed by atoms with E-state index in [2.05, 4.69) is 17.2 Å². The van der Waals surface area contributed by atoms with E-state index in [1.165, 1.54) is 5.56 Å². The number of hydrogen-bond donors (Lipinski definition) is 2. The van der Waals surface area contributed by atoms with Gasteiger partial charge in [-0.05, 0) is 49.1 Å². The van der Waals surface area contributed by atoms with Gasteiger partial charge in [-0.15, -0.1) is 0 Å². The molecule has 0 saturated heterocycles. The summed E-state index contributed by atoms with van der Waals surface area (Å²) in [7, 11) is 1.67. The van der Waals surface area contributed by atoms with Gasteiger partial charge in [0.2, 0.25) is 0 Å². The summed E-state index contributed by atoms with van der Waals surface area (Å²) >= 11 is 0. The summed E-state index contributed by atoms with van der Waals surface area (Å²) in [5.74, 6) is 7.14. The highest BCUT2D eigenvalue weighted by Crippen LogP contribution is 2.28. The summed E-state index contributed by atoms with van der Waals surface area (Å²) < 4.78 is 5.19. The summed E-state index contributed by atoms with van der Waals surface area (Å²) in [6.07, 6.45) is 3.79. The highest BCUT2D eigenvalue weighted by molar-refractivity contribution is 5.37. The Morgan fingerprint density at radius 3 is 2.60 bits per heavy atom. The van der Waals surface area contributed by atoms with Gasteiger partial charge < -0.3 is 15.2 Å². The first-order valence-corrected chi connectivity index (χ1v) is 8.86. The largest absolute Gasteiger partial charge is 0.497 e. The van der Waals surface area contributed by atoms with E-state index >= 15 is 0 Å². The lowest BCUT2D eigenvalue weighted by Crippen LogP contribution is -2.51. The van der Waals surface area contributed by atoms with Gasteiger partial charge in [-0.3, -0.25) is 0 Å². The van der Waals surface area contributed by atoms with E-state index in [0.29, 0.717) is 13.0 Å². The molecular weight excluding hydrogens is 310 g/mol. The molecule has 2 aromatic carbocycles. The molecule has 0 heterocycles. The van der Waals surface area contributed by atoms with Crippen LogP contribution in [0.3, 0.4) is 0 Å². The molecule has 1 aliphatic rings. The maximum Gasteiger partial charge on any atom is 0.141 e. The molecule has 0 aliphatic heterocycles. The van der Waals surface area contributed by atoms with Crippen LogP contribution in [0.5, 0.6) is 5.75 Å². The van der Waals surface area contributed by atoms with Gasteiger partial charge >= 0.3 is 0 Å². The molecule has 1 aliphatic carbocycles. The Morgan fingerprint density at radius 2 is 1.88 bits per heavy atom. The molecule has 0 radical (unpaired) electrons. The predicted octanol–water partition coefficient (Wildman–Crippen LogP) is 3.51. The fraction of sp³-hybridized carbons (Fsp3) is 0.364. The van der Waals surface area contributed by atoms with Crippen LogP contribution in [0.25, 0.3) is 0 Å². The Labute approximate surface area is 150 Å². The Kier molecular flexibility index (Phi) is 5.75. The topological polar surface area (TPSA) is 41.5 Å². The monoisotopic (exact) mass is 335 g/mol. The summed E-state index contributed by atoms with van der Waals surface area (Å²) in [5, 5.41) is 14.6. The summed E-state index contributed by atoms with van der Waals surface area (Å²) in [5.41, 5.74) is 1.14. The molecule has 2 N–H and O–H groups in total. The lowest BCUT2D eigenvalue weighted by Gasteiger charge is -2.36. The zero-order valence-electron chi connectivity index (χ0n) is 14.7. The summed E-state index contributed by atoms with van der Waals surface area (Å²) in [6, 6.07) is 17.8. The van der Waals surface area contributed by atoms with E-state index in [-0.39, 0.29) is 6.04 Å². The standard InChI is InChI=1S/C22H25NO2/c1-25-20-12-10-19(11-13-20)17-23-21-9-5-6-15-22(21,24)16-14-18-7-3-2-4-8-18/h2-4,7-8,10-13,21,23-24H,5-6,9,15,17H2,1H3/t21-,22+/m0/s1. The molecule has 3 nitrogen and oxygen atoms in total. The van der Waals surface area contributed by atoms with Crippen molar-refractivity contribution in [3.63, 3.8) is 0 Å². The highest BCUT2D eigenvalue weighted by Gasteiger charge is 2.37. The quantitative estimate of drug-likeness (QED) is 0.840. The van der Waals surface area contributed by atoms with E-state index in [0.717, 1.165) is 30.6 Å². The second-order valence-corrected chi connectivity index (χ2v) is 6.57. The Morgan fingerprint density at radius 1 is 1.12 bits per heavy atom. The van der Waals surface area contributed by atoms with Crippen LogP contribution in [0.1, 0.15) is 36.8 Å². The third kappa shape index (κ3) is 4.63. The van der Waals surface area contributed by atoms with Crippen molar-refractivity contribution in [2.75, 3.05) is 7.11 Å². The van der Waals surface area contributed by atoms with Crippen LogP contribution in [0, 0.1) is 11.8 Å². The van der Waals surface area contributed by atoms with Gasteiger partial charge in [-0.1, -0.05) is 48.6 Å². The molecule has 3 heteroatoms. The van der Waals surface area contributed by atoms with Crippen LogP contribution in [0.4, 0.5) is 0 Å². The van der Waals surface area contributed by atoms with E-state index in [4.69, 9.17) is 4.74 Å². The predicted molar refractivity (Wildman–Crippen MR) is 100 cm³/mol. The minimum absolute atomic E-state index is 0.0143. The molecule has 130 valence electrons. The number of ether oxygens (including phenoxy) is 1. The minimum Gasteiger partial charge on any atom is -0.497 e. The van der Waals surface area contributed by atoms with Crippen LogP contribution in [0.15, 0.2) is 54.6 Å². The van der Waals surface area contributed by atoms with Crippen molar-refractivity contribution < 1.29 is 9.84 Å². The number of hydrogen-bond acceptors (Lipinski definition) is 3. The van der Waals surface area contributed by atoms with Crippen molar-refractivity contribution in [2.45, 2.75) is 43.9 Å². The van der Waals surface area contributed by atoms with Crippen molar-refractivity contribution in [2.24, 2.45) is 0 Å². The molecule has 0 spiro atoms.